The molecule has 0 saturated heterocycles. The van der Waals surface area contributed by atoms with E-state index in [9.17, 15) is 14.0 Å². The first-order valence-corrected chi connectivity index (χ1v) is 11.7. The van der Waals surface area contributed by atoms with Gasteiger partial charge in [-0.15, -0.1) is 0 Å². The van der Waals surface area contributed by atoms with Crippen LogP contribution in [0.2, 0.25) is 0 Å². The zero-order chi connectivity index (χ0) is 23.8. The van der Waals surface area contributed by atoms with Gasteiger partial charge in [0, 0.05) is 18.2 Å². The molecule has 2 aromatic carbocycles. The molecule has 2 aromatic rings. The number of nitrogens with zero attached hydrogens (tertiary/aromatic N) is 1. The molecule has 2 amide bonds. The predicted molar refractivity (Wildman–Crippen MR) is 128 cm³/mol. The quantitative estimate of drug-likeness (QED) is 0.467. The van der Waals surface area contributed by atoms with Crippen molar-refractivity contribution in [2.24, 2.45) is 0 Å². The van der Waals surface area contributed by atoms with Gasteiger partial charge in [-0.05, 0) is 65.9 Å². The van der Waals surface area contributed by atoms with E-state index < -0.39 is 17.8 Å². The molecule has 32 heavy (non-hydrogen) atoms. The number of amides is 2. The van der Waals surface area contributed by atoms with Gasteiger partial charge in [0.05, 0.1) is 4.47 Å². The normalized spacial score (nSPS) is 12.9. The molecule has 2 rings (SSSR count). The standard InChI is InChI=1S/C25H32BrFN2O3/c1-6-17(4)28-25(31)18(5)29(14-20-9-7-8-10-22(20)27)24(30)15-32-23-12-11-19(16(2)3)13-21(23)26/h7-13,16-18H,6,14-15H2,1-5H3,(H,28,31)/t17-,18-/m0/s1. The van der Waals surface area contributed by atoms with Crippen LogP contribution in [0.15, 0.2) is 46.9 Å². The lowest BCUT2D eigenvalue weighted by Crippen LogP contribution is -2.50. The Bertz CT molecular complexity index is 935. The number of ether oxygens (including phenoxy) is 1. The second kappa shape index (κ2) is 12.0. The highest BCUT2D eigenvalue weighted by Gasteiger charge is 2.28. The average Bonchev–Trinajstić information content (AvgIpc) is 2.76. The van der Waals surface area contributed by atoms with Crippen LogP contribution in [0.25, 0.3) is 0 Å². The fourth-order valence-electron chi connectivity index (χ4n) is 3.07. The number of halogens is 2. The molecule has 0 heterocycles. The number of rotatable bonds is 10. The molecule has 0 radical (unpaired) electrons. The summed E-state index contributed by atoms with van der Waals surface area (Å²) in [5.41, 5.74) is 1.48. The highest BCUT2D eigenvalue weighted by molar-refractivity contribution is 9.10. The second-order valence-corrected chi connectivity index (χ2v) is 9.09. The van der Waals surface area contributed by atoms with E-state index in [0.717, 1.165) is 16.5 Å². The largest absolute Gasteiger partial charge is 0.483 e. The second-order valence-electron chi connectivity index (χ2n) is 8.24. The number of nitrogens with one attached hydrogen (secondary N) is 1. The lowest BCUT2D eigenvalue weighted by molar-refractivity contribution is -0.142. The maximum atomic E-state index is 14.3. The highest BCUT2D eigenvalue weighted by atomic mass is 79.9. The third-order valence-electron chi connectivity index (χ3n) is 5.44. The van der Waals surface area contributed by atoms with Gasteiger partial charge in [-0.3, -0.25) is 9.59 Å². The number of hydrogen-bond donors (Lipinski definition) is 1. The third kappa shape index (κ3) is 7.05. The van der Waals surface area contributed by atoms with E-state index in [1.807, 2.05) is 32.0 Å². The topological polar surface area (TPSA) is 58.6 Å². The van der Waals surface area contributed by atoms with E-state index in [0.29, 0.717) is 17.2 Å². The van der Waals surface area contributed by atoms with Crippen LogP contribution >= 0.6 is 15.9 Å². The van der Waals surface area contributed by atoms with Gasteiger partial charge in [-0.1, -0.05) is 45.0 Å². The van der Waals surface area contributed by atoms with Gasteiger partial charge in [-0.2, -0.15) is 0 Å². The van der Waals surface area contributed by atoms with Crippen LogP contribution in [-0.4, -0.2) is 35.4 Å². The minimum Gasteiger partial charge on any atom is -0.483 e. The number of carbonyl (C=O) groups is 2. The van der Waals surface area contributed by atoms with Gasteiger partial charge in [0.15, 0.2) is 6.61 Å². The molecule has 0 aliphatic rings. The van der Waals surface area contributed by atoms with Gasteiger partial charge in [0.2, 0.25) is 5.91 Å². The summed E-state index contributed by atoms with van der Waals surface area (Å²) in [6.07, 6.45) is 0.767. The minimum absolute atomic E-state index is 0.0259. The van der Waals surface area contributed by atoms with Crippen molar-refractivity contribution in [1.29, 1.82) is 0 Å². The molecule has 0 saturated carbocycles. The third-order valence-corrected chi connectivity index (χ3v) is 6.06. The monoisotopic (exact) mass is 506 g/mol. The minimum atomic E-state index is -0.786. The lowest BCUT2D eigenvalue weighted by Gasteiger charge is -2.29. The molecule has 0 aliphatic carbocycles. The molecule has 2 atom stereocenters. The fourth-order valence-corrected chi connectivity index (χ4v) is 3.58. The van der Waals surface area contributed by atoms with Crippen molar-refractivity contribution < 1.29 is 18.7 Å². The maximum absolute atomic E-state index is 14.3. The van der Waals surface area contributed by atoms with Crippen LogP contribution in [0, 0.1) is 5.82 Å². The zero-order valence-corrected chi connectivity index (χ0v) is 20.9. The average molecular weight is 507 g/mol. The van der Waals surface area contributed by atoms with Crippen LogP contribution in [0.4, 0.5) is 4.39 Å². The van der Waals surface area contributed by atoms with E-state index in [1.54, 1.807) is 25.1 Å². The Morgan fingerprint density at radius 3 is 2.41 bits per heavy atom. The predicted octanol–water partition coefficient (Wildman–Crippen LogP) is 5.42. The van der Waals surface area contributed by atoms with Crippen LogP contribution < -0.4 is 10.1 Å². The van der Waals surface area contributed by atoms with Crippen molar-refractivity contribution in [3.8, 4) is 5.75 Å². The Morgan fingerprint density at radius 2 is 1.81 bits per heavy atom. The number of hydrogen-bond acceptors (Lipinski definition) is 3. The van der Waals surface area contributed by atoms with Gasteiger partial charge in [0.1, 0.15) is 17.6 Å². The van der Waals surface area contributed by atoms with E-state index >= 15 is 0 Å². The Kier molecular flexibility index (Phi) is 9.69. The van der Waals surface area contributed by atoms with Crippen molar-refractivity contribution in [3.63, 3.8) is 0 Å². The number of carbonyl (C=O) groups excluding carboxylic acids is 2. The molecule has 174 valence electrons. The molecular formula is C25H32BrFN2O3. The van der Waals surface area contributed by atoms with E-state index in [1.165, 1.54) is 11.0 Å². The summed E-state index contributed by atoms with van der Waals surface area (Å²) in [5, 5.41) is 2.89. The van der Waals surface area contributed by atoms with Crippen molar-refractivity contribution in [3.05, 3.63) is 63.9 Å². The highest BCUT2D eigenvalue weighted by Crippen LogP contribution is 2.29. The SMILES string of the molecule is CC[C@H](C)NC(=O)[C@H](C)N(Cc1ccccc1F)C(=O)COc1ccc(C(C)C)cc1Br. The molecule has 5 nitrogen and oxygen atoms in total. The first kappa shape index (κ1) is 25.8. The molecule has 0 aliphatic heterocycles. The van der Waals surface area contributed by atoms with Crippen LogP contribution in [0.1, 0.15) is 58.1 Å². The lowest BCUT2D eigenvalue weighted by atomic mass is 10.0. The Balaban J connectivity index is 2.19. The van der Waals surface area contributed by atoms with Crippen LogP contribution in [0.3, 0.4) is 0 Å². The Labute approximate surface area is 198 Å². The summed E-state index contributed by atoms with van der Waals surface area (Å²) in [4.78, 5) is 27.2. The Hall–Kier alpha value is -2.41. The molecule has 1 N–H and O–H groups in total. The molecule has 0 aromatic heterocycles. The summed E-state index contributed by atoms with van der Waals surface area (Å²) < 4.78 is 20.8. The van der Waals surface area contributed by atoms with Crippen LogP contribution in [-0.2, 0) is 16.1 Å². The van der Waals surface area contributed by atoms with E-state index in [-0.39, 0.29) is 25.1 Å². The summed E-state index contributed by atoms with van der Waals surface area (Å²) in [6.45, 7) is 9.40. The first-order valence-electron chi connectivity index (χ1n) is 10.9. The van der Waals surface area contributed by atoms with Crippen molar-refractivity contribution >= 4 is 27.7 Å². The molecule has 7 heteroatoms. The van der Waals surface area contributed by atoms with Crippen molar-refractivity contribution in [1.82, 2.24) is 10.2 Å². The van der Waals surface area contributed by atoms with Crippen molar-refractivity contribution in [2.45, 2.75) is 65.6 Å². The Morgan fingerprint density at radius 1 is 1.12 bits per heavy atom. The summed E-state index contributed by atoms with van der Waals surface area (Å²) >= 11 is 3.49. The molecule has 0 spiro atoms. The molecule has 0 bridgehead atoms. The molecule has 0 unspecified atom stereocenters. The fraction of sp³-hybridized carbons (Fsp3) is 0.440. The first-order chi connectivity index (χ1) is 15.1. The van der Waals surface area contributed by atoms with Gasteiger partial charge < -0.3 is 15.0 Å². The van der Waals surface area contributed by atoms with Crippen molar-refractivity contribution in [2.75, 3.05) is 6.61 Å². The maximum Gasteiger partial charge on any atom is 0.261 e. The van der Waals surface area contributed by atoms with Gasteiger partial charge in [0.25, 0.3) is 5.91 Å². The smallest absolute Gasteiger partial charge is 0.261 e. The summed E-state index contributed by atoms with van der Waals surface area (Å²) in [7, 11) is 0. The summed E-state index contributed by atoms with van der Waals surface area (Å²) in [5.74, 6) is -0.215. The van der Waals surface area contributed by atoms with Gasteiger partial charge in [-0.25, -0.2) is 4.39 Å². The van der Waals surface area contributed by atoms with E-state index in [4.69, 9.17) is 4.74 Å². The summed E-state index contributed by atoms with van der Waals surface area (Å²) in [6, 6.07) is 11.2. The molecule has 0 fully saturated rings. The molecular weight excluding hydrogens is 475 g/mol. The zero-order valence-electron chi connectivity index (χ0n) is 19.3. The number of benzene rings is 2. The van der Waals surface area contributed by atoms with Crippen LogP contribution in [0.5, 0.6) is 5.75 Å². The van der Waals surface area contributed by atoms with E-state index in [2.05, 4.69) is 35.1 Å². The van der Waals surface area contributed by atoms with Gasteiger partial charge >= 0.3 is 0 Å².